The number of hydrogen-bond donors (Lipinski definition) is 1. The van der Waals surface area contributed by atoms with Gasteiger partial charge in [-0.15, -0.1) is 0 Å². The zero-order chi connectivity index (χ0) is 15.3. The fraction of sp³-hybridized carbons (Fsp3) is 0.429. The van der Waals surface area contributed by atoms with Crippen LogP contribution < -0.4 is 0 Å². The highest BCUT2D eigenvalue weighted by atomic mass is 79.9. The molecule has 0 spiro atoms. The van der Waals surface area contributed by atoms with Gasteiger partial charge in [0.2, 0.25) is 0 Å². The summed E-state index contributed by atoms with van der Waals surface area (Å²) in [4.78, 5) is 25.9. The summed E-state index contributed by atoms with van der Waals surface area (Å²) in [5.74, 6) is -1.48. The predicted molar refractivity (Wildman–Crippen MR) is 80.4 cm³/mol. The Hall–Kier alpha value is -1.56. The number of nitrogens with zero attached hydrogens (tertiary/aromatic N) is 2. The van der Waals surface area contributed by atoms with Crippen LogP contribution in [0.1, 0.15) is 12.5 Å². The van der Waals surface area contributed by atoms with E-state index in [2.05, 4.69) is 15.9 Å². The van der Waals surface area contributed by atoms with Crippen molar-refractivity contribution in [2.24, 2.45) is 5.92 Å². The molecule has 0 aliphatic carbocycles. The van der Waals surface area contributed by atoms with Crippen molar-refractivity contribution in [3.8, 4) is 0 Å². The summed E-state index contributed by atoms with van der Waals surface area (Å²) < 4.78 is 0.989. The highest BCUT2D eigenvalue weighted by Crippen LogP contribution is 2.12. The molecule has 5 nitrogen and oxygen atoms in total. The van der Waals surface area contributed by atoms with Crippen molar-refractivity contribution < 1.29 is 14.7 Å². The third-order valence-corrected chi connectivity index (χ3v) is 3.48. The fourth-order valence-electron chi connectivity index (χ4n) is 1.79. The molecule has 0 bridgehead atoms. The monoisotopic (exact) mass is 342 g/mol. The molecular weight excluding hydrogens is 324 g/mol. The van der Waals surface area contributed by atoms with Crippen molar-refractivity contribution in [1.29, 1.82) is 0 Å². The van der Waals surface area contributed by atoms with E-state index in [1.807, 2.05) is 24.3 Å². The average molecular weight is 343 g/mol. The molecule has 1 N–H and O–H groups in total. The van der Waals surface area contributed by atoms with Gasteiger partial charge >= 0.3 is 12.0 Å². The van der Waals surface area contributed by atoms with Crippen molar-refractivity contribution in [1.82, 2.24) is 9.80 Å². The van der Waals surface area contributed by atoms with Gasteiger partial charge in [0.05, 0.1) is 5.92 Å². The predicted octanol–water partition coefficient (Wildman–Crippen LogP) is 2.65. The van der Waals surface area contributed by atoms with Crippen LogP contribution in [0.4, 0.5) is 4.79 Å². The highest BCUT2D eigenvalue weighted by Gasteiger charge is 2.19. The first kappa shape index (κ1) is 16.5. The van der Waals surface area contributed by atoms with Crippen LogP contribution in [0.25, 0.3) is 0 Å². The standard InChI is InChI=1S/C14H19BrN2O3/c1-10(13(18)19)8-16(2)14(20)17(3)9-11-4-6-12(15)7-5-11/h4-7,10H,8-9H2,1-3H3,(H,18,19). The van der Waals surface area contributed by atoms with Gasteiger partial charge < -0.3 is 14.9 Å². The molecular formula is C14H19BrN2O3. The van der Waals surface area contributed by atoms with Crippen molar-refractivity contribution >= 4 is 27.9 Å². The summed E-state index contributed by atoms with van der Waals surface area (Å²) in [6, 6.07) is 7.52. The van der Waals surface area contributed by atoms with Crippen molar-refractivity contribution in [2.45, 2.75) is 13.5 Å². The molecule has 20 heavy (non-hydrogen) atoms. The molecule has 1 rings (SSSR count). The Balaban J connectivity index is 2.57. The number of hydrogen-bond acceptors (Lipinski definition) is 2. The van der Waals surface area contributed by atoms with E-state index in [9.17, 15) is 9.59 Å². The number of carboxylic acids is 1. The first-order valence-electron chi connectivity index (χ1n) is 6.24. The Morgan fingerprint density at radius 3 is 2.25 bits per heavy atom. The minimum Gasteiger partial charge on any atom is -0.481 e. The van der Waals surface area contributed by atoms with E-state index in [0.29, 0.717) is 6.54 Å². The second kappa shape index (κ2) is 7.28. The van der Waals surface area contributed by atoms with Crippen LogP contribution in [0, 0.1) is 5.92 Å². The number of urea groups is 1. The smallest absolute Gasteiger partial charge is 0.319 e. The van der Waals surface area contributed by atoms with Crippen molar-refractivity contribution in [3.63, 3.8) is 0 Å². The molecule has 0 heterocycles. The van der Waals surface area contributed by atoms with E-state index in [0.717, 1.165) is 10.0 Å². The first-order valence-corrected chi connectivity index (χ1v) is 7.04. The summed E-state index contributed by atoms with van der Waals surface area (Å²) in [6.07, 6.45) is 0. The van der Waals surface area contributed by atoms with Crippen molar-refractivity contribution in [3.05, 3.63) is 34.3 Å². The number of carbonyl (C=O) groups is 2. The van der Waals surface area contributed by atoms with Gasteiger partial charge in [-0.1, -0.05) is 35.0 Å². The fourth-order valence-corrected chi connectivity index (χ4v) is 2.05. The molecule has 1 aromatic carbocycles. The number of rotatable bonds is 5. The van der Waals surface area contributed by atoms with Crippen LogP contribution >= 0.6 is 15.9 Å². The molecule has 6 heteroatoms. The van der Waals surface area contributed by atoms with Crippen LogP contribution in [0.3, 0.4) is 0 Å². The molecule has 0 fully saturated rings. The summed E-state index contributed by atoms with van der Waals surface area (Å²) >= 11 is 3.36. The minimum absolute atomic E-state index is 0.193. The average Bonchev–Trinajstić information content (AvgIpc) is 2.40. The molecule has 1 aromatic rings. The maximum absolute atomic E-state index is 12.1. The van der Waals surface area contributed by atoms with Gasteiger partial charge in [0.1, 0.15) is 0 Å². The van der Waals surface area contributed by atoms with Crippen LogP contribution in [-0.4, -0.2) is 47.5 Å². The quantitative estimate of drug-likeness (QED) is 0.894. The number of halogens is 1. The molecule has 0 saturated heterocycles. The van der Waals surface area contributed by atoms with Gasteiger partial charge in [0, 0.05) is 31.7 Å². The maximum atomic E-state index is 12.1. The Morgan fingerprint density at radius 1 is 1.20 bits per heavy atom. The molecule has 0 aliphatic heterocycles. The van der Waals surface area contributed by atoms with Gasteiger partial charge in [0.15, 0.2) is 0 Å². The van der Waals surface area contributed by atoms with Crippen LogP contribution in [0.2, 0.25) is 0 Å². The van der Waals surface area contributed by atoms with Crippen LogP contribution in [-0.2, 0) is 11.3 Å². The minimum atomic E-state index is -0.903. The summed E-state index contributed by atoms with van der Waals surface area (Å²) in [5, 5.41) is 8.86. The van der Waals surface area contributed by atoms with E-state index in [1.165, 1.54) is 4.90 Å². The Kier molecular flexibility index (Phi) is 6.01. The third-order valence-electron chi connectivity index (χ3n) is 2.96. The lowest BCUT2D eigenvalue weighted by molar-refractivity contribution is -0.141. The van der Waals surface area contributed by atoms with Gasteiger partial charge in [0.25, 0.3) is 0 Å². The summed E-state index contributed by atoms with van der Waals surface area (Å²) in [6.45, 7) is 2.26. The van der Waals surface area contributed by atoms with Gasteiger partial charge in [-0.2, -0.15) is 0 Å². The van der Waals surface area contributed by atoms with E-state index in [1.54, 1.807) is 25.9 Å². The van der Waals surface area contributed by atoms with Gasteiger partial charge in [-0.25, -0.2) is 4.79 Å². The Bertz CT molecular complexity index is 476. The highest BCUT2D eigenvalue weighted by molar-refractivity contribution is 9.10. The lowest BCUT2D eigenvalue weighted by Gasteiger charge is -2.26. The Labute approximate surface area is 127 Å². The second-order valence-electron chi connectivity index (χ2n) is 4.88. The topological polar surface area (TPSA) is 60.9 Å². The number of carboxylic acid groups (broad SMARTS) is 1. The molecule has 0 saturated carbocycles. The number of aliphatic carboxylic acids is 1. The lowest BCUT2D eigenvalue weighted by atomic mass is 10.2. The van der Waals surface area contributed by atoms with Crippen LogP contribution in [0.5, 0.6) is 0 Å². The maximum Gasteiger partial charge on any atom is 0.319 e. The van der Waals surface area contributed by atoms with Gasteiger partial charge in [-0.05, 0) is 17.7 Å². The number of benzene rings is 1. The normalized spacial score (nSPS) is 11.8. The second-order valence-corrected chi connectivity index (χ2v) is 5.80. The molecule has 2 amide bonds. The molecule has 0 aliphatic rings. The summed E-state index contributed by atoms with van der Waals surface area (Å²) in [7, 11) is 3.31. The Morgan fingerprint density at radius 2 is 1.75 bits per heavy atom. The largest absolute Gasteiger partial charge is 0.481 e. The lowest BCUT2D eigenvalue weighted by Crippen LogP contribution is -2.41. The SMILES string of the molecule is CC(CN(C)C(=O)N(C)Cc1ccc(Br)cc1)C(=O)O. The van der Waals surface area contributed by atoms with E-state index in [-0.39, 0.29) is 12.6 Å². The molecule has 110 valence electrons. The zero-order valence-corrected chi connectivity index (χ0v) is 13.4. The van der Waals surface area contributed by atoms with E-state index in [4.69, 9.17) is 5.11 Å². The zero-order valence-electron chi connectivity index (χ0n) is 11.8. The van der Waals surface area contributed by atoms with Crippen LogP contribution in [0.15, 0.2) is 28.7 Å². The molecule has 0 aromatic heterocycles. The van der Waals surface area contributed by atoms with E-state index >= 15 is 0 Å². The molecule has 0 radical (unpaired) electrons. The van der Waals surface area contributed by atoms with E-state index < -0.39 is 11.9 Å². The number of carbonyl (C=O) groups excluding carboxylic acids is 1. The van der Waals surface area contributed by atoms with Crippen molar-refractivity contribution in [2.75, 3.05) is 20.6 Å². The molecule has 1 atom stereocenters. The first-order chi connectivity index (χ1) is 9.31. The number of amides is 2. The molecule has 1 unspecified atom stereocenters. The van der Waals surface area contributed by atoms with Gasteiger partial charge in [-0.3, -0.25) is 4.79 Å². The summed E-state index contributed by atoms with van der Waals surface area (Å²) in [5.41, 5.74) is 1.02. The third kappa shape index (κ3) is 4.85.